The number of hydrogen-bond donors (Lipinski definition) is 1. The molecule has 0 aromatic rings. The molecule has 3 heteroatoms. The van der Waals surface area contributed by atoms with Crippen molar-refractivity contribution in [2.24, 2.45) is 5.92 Å². The van der Waals surface area contributed by atoms with Gasteiger partial charge in [-0.3, -0.25) is 0 Å². The summed E-state index contributed by atoms with van der Waals surface area (Å²) in [6, 6.07) is 0. The summed E-state index contributed by atoms with van der Waals surface area (Å²) in [6.45, 7) is 7.57. The average Bonchev–Trinajstić information content (AvgIpc) is 2.15. The number of aliphatic hydroxyl groups is 1. The Morgan fingerprint density at radius 2 is 2.36 bits per heavy atom. The van der Waals surface area contributed by atoms with Crippen LogP contribution < -0.4 is 0 Å². The van der Waals surface area contributed by atoms with Crippen LogP contribution in [0.1, 0.15) is 13.8 Å². The van der Waals surface area contributed by atoms with Crippen molar-refractivity contribution in [3.63, 3.8) is 0 Å². The number of rotatable bonds is 3. The fourth-order valence-corrected chi connectivity index (χ4v) is 1.71. The molecule has 1 rings (SSSR count). The van der Waals surface area contributed by atoms with E-state index in [1.807, 2.05) is 19.9 Å². The first-order chi connectivity index (χ1) is 6.60. The van der Waals surface area contributed by atoms with Gasteiger partial charge in [-0.05, 0) is 12.5 Å². The van der Waals surface area contributed by atoms with E-state index in [4.69, 9.17) is 9.47 Å². The molecule has 1 aliphatic rings. The zero-order chi connectivity index (χ0) is 10.7. The summed E-state index contributed by atoms with van der Waals surface area (Å²) in [5.74, 6) is 0.223. The van der Waals surface area contributed by atoms with Gasteiger partial charge in [0.05, 0.1) is 6.10 Å². The maximum Gasteiger partial charge on any atom is 0.177 e. The summed E-state index contributed by atoms with van der Waals surface area (Å²) < 4.78 is 10.7. The minimum absolute atomic E-state index is 0.156. The van der Waals surface area contributed by atoms with E-state index >= 15 is 0 Å². The van der Waals surface area contributed by atoms with E-state index in [9.17, 15) is 5.11 Å². The fourth-order valence-electron chi connectivity index (χ4n) is 1.71. The molecular formula is C11H18O3. The van der Waals surface area contributed by atoms with Crippen LogP contribution in [0.2, 0.25) is 0 Å². The third-order valence-electron chi connectivity index (χ3n) is 2.55. The first kappa shape index (κ1) is 11.4. The Kier molecular flexibility index (Phi) is 3.86. The van der Waals surface area contributed by atoms with Crippen molar-refractivity contribution in [3.05, 3.63) is 24.3 Å². The van der Waals surface area contributed by atoms with Crippen molar-refractivity contribution >= 4 is 0 Å². The zero-order valence-corrected chi connectivity index (χ0v) is 8.93. The number of ether oxygens (including phenoxy) is 2. The van der Waals surface area contributed by atoms with Crippen LogP contribution in [0.5, 0.6) is 0 Å². The second-order valence-electron chi connectivity index (χ2n) is 3.66. The molecule has 0 radical (unpaired) electrons. The molecule has 0 saturated carbocycles. The lowest BCUT2D eigenvalue weighted by Gasteiger charge is -2.34. The summed E-state index contributed by atoms with van der Waals surface area (Å²) in [6.07, 6.45) is 2.56. The van der Waals surface area contributed by atoms with Crippen LogP contribution in [0.25, 0.3) is 0 Å². The van der Waals surface area contributed by atoms with Gasteiger partial charge in [-0.1, -0.05) is 19.1 Å². The monoisotopic (exact) mass is 198 g/mol. The molecule has 0 aromatic carbocycles. The van der Waals surface area contributed by atoms with E-state index in [1.54, 1.807) is 13.2 Å². The molecule has 1 aliphatic heterocycles. The Morgan fingerprint density at radius 3 is 2.86 bits per heavy atom. The van der Waals surface area contributed by atoms with E-state index in [-0.39, 0.29) is 18.1 Å². The van der Waals surface area contributed by atoms with Crippen molar-refractivity contribution in [2.45, 2.75) is 32.3 Å². The van der Waals surface area contributed by atoms with Gasteiger partial charge >= 0.3 is 0 Å². The first-order valence-electron chi connectivity index (χ1n) is 4.77. The standard InChI is InChI=1S/C11H18O3/c1-5-9(13-4)10-7(2)6-8(3)11(12)14-10/h5-7,9-12H,1H2,2-4H3. The largest absolute Gasteiger partial charge is 0.375 e. The van der Waals surface area contributed by atoms with Crippen LogP contribution in [-0.2, 0) is 9.47 Å². The summed E-state index contributed by atoms with van der Waals surface area (Å²) in [4.78, 5) is 0. The van der Waals surface area contributed by atoms with Crippen molar-refractivity contribution in [1.82, 2.24) is 0 Å². The SMILES string of the molecule is C=CC(OC)C1OC(O)C(C)=CC1C. The summed E-state index contributed by atoms with van der Waals surface area (Å²) in [5.41, 5.74) is 0.854. The maximum absolute atomic E-state index is 9.53. The van der Waals surface area contributed by atoms with Gasteiger partial charge in [0.15, 0.2) is 6.29 Å². The highest BCUT2D eigenvalue weighted by atomic mass is 16.6. The Labute approximate surface area is 85.0 Å². The molecule has 1 N–H and O–H groups in total. The minimum Gasteiger partial charge on any atom is -0.375 e. The minimum atomic E-state index is -0.811. The molecule has 0 amide bonds. The molecular weight excluding hydrogens is 180 g/mol. The fraction of sp³-hybridized carbons (Fsp3) is 0.636. The lowest BCUT2D eigenvalue weighted by Crippen LogP contribution is -2.40. The third kappa shape index (κ3) is 2.23. The van der Waals surface area contributed by atoms with Gasteiger partial charge in [-0.25, -0.2) is 0 Å². The van der Waals surface area contributed by atoms with E-state index in [1.165, 1.54) is 0 Å². The molecule has 4 atom stereocenters. The average molecular weight is 198 g/mol. The van der Waals surface area contributed by atoms with E-state index in [0.29, 0.717) is 0 Å². The number of hydrogen-bond acceptors (Lipinski definition) is 3. The topological polar surface area (TPSA) is 38.7 Å². The van der Waals surface area contributed by atoms with Crippen LogP contribution >= 0.6 is 0 Å². The van der Waals surface area contributed by atoms with Crippen LogP contribution in [-0.4, -0.2) is 30.7 Å². The molecule has 4 unspecified atom stereocenters. The Morgan fingerprint density at radius 1 is 1.71 bits per heavy atom. The van der Waals surface area contributed by atoms with Crippen LogP contribution in [0.15, 0.2) is 24.3 Å². The quantitative estimate of drug-likeness (QED) is 0.698. The normalized spacial score (nSPS) is 34.9. The van der Waals surface area contributed by atoms with Gasteiger partial charge in [0.25, 0.3) is 0 Å². The molecule has 0 bridgehead atoms. The van der Waals surface area contributed by atoms with Gasteiger partial charge in [0.1, 0.15) is 6.10 Å². The summed E-state index contributed by atoms with van der Waals surface area (Å²) in [7, 11) is 1.61. The van der Waals surface area contributed by atoms with Gasteiger partial charge in [0, 0.05) is 13.0 Å². The molecule has 3 nitrogen and oxygen atoms in total. The predicted molar refractivity (Wildman–Crippen MR) is 54.8 cm³/mol. The van der Waals surface area contributed by atoms with Crippen LogP contribution in [0.3, 0.4) is 0 Å². The second-order valence-corrected chi connectivity index (χ2v) is 3.66. The zero-order valence-electron chi connectivity index (χ0n) is 8.93. The lowest BCUT2D eigenvalue weighted by atomic mass is 9.94. The van der Waals surface area contributed by atoms with E-state index < -0.39 is 6.29 Å². The predicted octanol–water partition coefficient (Wildman–Crippen LogP) is 1.49. The van der Waals surface area contributed by atoms with Crippen molar-refractivity contribution in [3.8, 4) is 0 Å². The number of methoxy groups -OCH3 is 1. The number of aliphatic hydroxyl groups excluding tert-OH is 1. The molecule has 80 valence electrons. The molecule has 1 heterocycles. The Bertz CT molecular complexity index is 235. The van der Waals surface area contributed by atoms with Crippen LogP contribution in [0.4, 0.5) is 0 Å². The highest BCUT2D eigenvalue weighted by Gasteiger charge is 2.31. The van der Waals surface area contributed by atoms with Crippen molar-refractivity contribution in [2.75, 3.05) is 7.11 Å². The third-order valence-corrected chi connectivity index (χ3v) is 2.55. The van der Waals surface area contributed by atoms with Crippen molar-refractivity contribution < 1.29 is 14.6 Å². The summed E-state index contributed by atoms with van der Waals surface area (Å²) >= 11 is 0. The smallest absolute Gasteiger partial charge is 0.177 e. The van der Waals surface area contributed by atoms with Crippen molar-refractivity contribution in [1.29, 1.82) is 0 Å². The Balaban J connectivity index is 2.77. The first-order valence-corrected chi connectivity index (χ1v) is 4.77. The molecule has 14 heavy (non-hydrogen) atoms. The maximum atomic E-state index is 9.53. The lowest BCUT2D eigenvalue weighted by molar-refractivity contribution is -0.162. The molecule has 0 aromatic heterocycles. The Hall–Kier alpha value is -0.640. The van der Waals surface area contributed by atoms with Gasteiger partial charge < -0.3 is 14.6 Å². The summed E-state index contributed by atoms with van der Waals surface area (Å²) in [5, 5.41) is 9.53. The highest BCUT2D eigenvalue weighted by Crippen LogP contribution is 2.25. The van der Waals surface area contributed by atoms with Gasteiger partial charge in [-0.15, -0.1) is 6.58 Å². The van der Waals surface area contributed by atoms with E-state index in [0.717, 1.165) is 5.57 Å². The van der Waals surface area contributed by atoms with Crippen LogP contribution in [0, 0.1) is 5.92 Å². The molecule has 0 aliphatic carbocycles. The van der Waals surface area contributed by atoms with E-state index in [2.05, 4.69) is 6.58 Å². The molecule has 0 spiro atoms. The molecule has 0 saturated heterocycles. The van der Waals surface area contributed by atoms with Gasteiger partial charge in [0.2, 0.25) is 0 Å². The second kappa shape index (κ2) is 4.73. The molecule has 0 fully saturated rings. The van der Waals surface area contributed by atoms with Gasteiger partial charge in [-0.2, -0.15) is 0 Å². The highest BCUT2D eigenvalue weighted by molar-refractivity contribution is 5.10.